The molecule has 0 amide bonds. The number of hydrogen-bond acceptors (Lipinski definition) is 6. The monoisotopic (exact) mass is 684 g/mol. The molecule has 3 heterocycles. The van der Waals surface area contributed by atoms with Crippen molar-refractivity contribution in [1.29, 1.82) is 0 Å². The first-order chi connectivity index (χ1) is 25.7. The predicted molar refractivity (Wildman–Crippen MR) is 213 cm³/mol. The van der Waals surface area contributed by atoms with Crippen LogP contribution in [0.1, 0.15) is 0 Å². The molecule has 6 heteroatoms. The molecule has 10 rings (SSSR count). The van der Waals surface area contributed by atoms with Crippen molar-refractivity contribution in [2.45, 2.75) is 0 Å². The van der Waals surface area contributed by atoms with Crippen molar-refractivity contribution in [3.63, 3.8) is 0 Å². The lowest BCUT2D eigenvalue weighted by atomic mass is 9.99. The fourth-order valence-electron chi connectivity index (χ4n) is 6.84. The molecule has 0 unspecified atom stereocenters. The van der Waals surface area contributed by atoms with E-state index in [-0.39, 0.29) is 0 Å². The molecule has 3 aromatic heterocycles. The molecule has 0 radical (unpaired) electrons. The number of thiophene rings is 1. The van der Waals surface area contributed by atoms with E-state index in [0.717, 1.165) is 33.3 Å². The van der Waals surface area contributed by atoms with Gasteiger partial charge in [-0.1, -0.05) is 140 Å². The molecular formula is C46H28N4OS. The summed E-state index contributed by atoms with van der Waals surface area (Å²) in [4.78, 5) is 19.5. The second kappa shape index (κ2) is 12.5. The highest BCUT2D eigenvalue weighted by molar-refractivity contribution is 7.26. The molecule has 0 saturated heterocycles. The van der Waals surface area contributed by atoms with Crippen molar-refractivity contribution in [2.75, 3.05) is 0 Å². The summed E-state index contributed by atoms with van der Waals surface area (Å²) in [6.07, 6.45) is 0. The second-order valence-corrected chi connectivity index (χ2v) is 13.7. The zero-order valence-corrected chi connectivity index (χ0v) is 28.6. The normalized spacial score (nSPS) is 11.5. The maximum Gasteiger partial charge on any atom is 0.227 e. The molecule has 0 saturated carbocycles. The van der Waals surface area contributed by atoms with Crippen LogP contribution in [-0.2, 0) is 0 Å². The third kappa shape index (κ3) is 5.34. The fourth-order valence-corrected chi connectivity index (χ4v) is 8.21. The first-order valence-corrected chi connectivity index (χ1v) is 18.0. The summed E-state index contributed by atoms with van der Waals surface area (Å²) in [5.74, 6) is 2.37. The van der Waals surface area contributed by atoms with Gasteiger partial charge in [0.15, 0.2) is 23.1 Å². The third-order valence-corrected chi connectivity index (χ3v) is 10.7. The van der Waals surface area contributed by atoms with Gasteiger partial charge in [-0.05, 0) is 52.6 Å². The van der Waals surface area contributed by atoms with Gasteiger partial charge in [0.25, 0.3) is 0 Å². The molecule has 244 valence electrons. The van der Waals surface area contributed by atoms with Crippen LogP contribution >= 0.6 is 11.3 Å². The van der Waals surface area contributed by atoms with Crippen LogP contribution in [0.15, 0.2) is 174 Å². The number of hydrogen-bond donors (Lipinski definition) is 0. The summed E-state index contributed by atoms with van der Waals surface area (Å²) in [6, 6.07) is 58.2. The average Bonchev–Trinajstić information content (AvgIpc) is 3.83. The van der Waals surface area contributed by atoms with Gasteiger partial charge in [-0.2, -0.15) is 0 Å². The van der Waals surface area contributed by atoms with Gasteiger partial charge >= 0.3 is 0 Å². The maximum absolute atomic E-state index is 6.46. The van der Waals surface area contributed by atoms with Gasteiger partial charge in [0.1, 0.15) is 5.52 Å². The smallest absolute Gasteiger partial charge is 0.227 e. The Balaban J connectivity index is 1.04. The van der Waals surface area contributed by atoms with E-state index in [1.807, 2.05) is 90.2 Å². The molecule has 0 spiro atoms. The van der Waals surface area contributed by atoms with Crippen molar-refractivity contribution < 1.29 is 4.42 Å². The van der Waals surface area contributed by atoms with Crippen LogP contribution in [0, 0.1) is 0 Å². The van der Waals surface area contributed by atoms with E-state index in [2.05, 4.69) is 91.0 Å². The molecule has 5 nitrogen and oxygen atoms in total. The number of rotatable bonds is 6. The zero-order chi connectivity index (χ0) is 34.4. The van der Waals surface area contributed by atoms with Gasteiger partial charge in [0, 0.05) is 42.4 Å². The Morgan fingerprint density at radius 1 is 0.365 bits per heavy atom. The van der Waals surface area contributed by atoms with Crippen LogP contribution in [0.25, 0.3) is 99.1 Å². The van der Waals surface area contributed by atoms with Gasteiger partial charge in [-0.3, -0.25) is 0 Å². The Labute approximate surface area is 303 Å². The summed E-state index contributed by atoms with van der Waals surface area (Å²) in [5.41, 5.74) is 9.82. The van der Waals surface area contributed by atoms with E-state index >= 15 is 0 Å². The number of nitrogens with zero attached hydrogens (tertiary/aromatic N) is 4. The standard InChI is InChI=1S/C46H28N4OS/c1-4-13-29(14-5-1)35-21-11-23-37-38-24-12-22-36(42(38)52-41(35)37)32-19-10-20-34(27-32)46-47-39-26-25-33(28-40(39)51-46)45-49-43(30-15-6-2-7-16-30)48-44(50-45)31-17-8-3-9-18-31/h1-28H. The molecule has 0 N–H and O–H groups in total. The van der Waals surface area contributed by atoms with E-state index in [1.54, 1.807) is 0 Å². The highest BCUT2D eigenvalue weighted by atomic mass is 32.1. The fraction of sp³-hybridized carbons (Fsp3) is 0. The minimum atomic E-state index is 0.564. The molecule has 0 aliphatic carbocycles. The molecule has 52 heavy (non-hydrogen) atoms. The Morgan fingerprint density at radius 2 is 0.865 bits per heavy atom. The Morgan fingerprint density at radius 3 is 1.48 bits per heavy atom. The number of benzene rings is 7. The van der Waals surface area contributed by atoms with Crippen molar-refractivity contribution in [3.8, 4) is 67.9 Å². The van der Waals surface area contributed by atoms with Gasteiger partial charge in [-0.25, -0.2) is 19.9 Å². The maximum atomic E-state index is 6.46. The predicted octanol–water partition coefficient (Wildman–Crippen LogP) is 12.4. The molecule has 0 aliphatic rings. The first kappa shape index (κ1) is 30.1. The van der Waals surface area contributed by atoms with Gasteiger partial charge < -0.3 is 4.42 Å². The van der Waals surface area contributed by atoms with Crippen molar-refractivity contribution in [1.82, 2.24) is 19.9 Å². The summed E-state index contributed by atoms with van der Waals surface area (Å²) < 4.78 is 9.02. The average molecular weight is 685 g/mol. The van der Waals surface area contributed by atoms with E-state index in [1.165, 1.54) is 36.9 Å². The third-order valence-electron chi connectivity index (χ3n) is 9.38. The topological polar surface area (TPSA) is 64.7 Å². The van der Waals surface area contributed by atoms with Crippen molar-refractivity contribution in [3.05, 3.63) is 170 Å². The van der Waals surface area contributed by atoms with Crippen LogP contribution in [0.2, 0.25) is 0 Å². The lowest BCUT2D eigenvalue weighted by Gasteiger charge is -2.08. The zero-order valence-electron chi connectivity index (χ0n) is 27.8. The number of oxazole rings is 1. The van der Waals surface area contributed by atoms with Crippen LogP contribution in [0.5, 0.6) is 0 Å². The Bertz CT molecular complexity index is 2840. The second-order valence-electron chi connectivity index (χ2n) is 12.7. The number of aromatic nitrogens is 4. The highest BCUT2D eigenvalue weighted by Gasteiger charge is 2.17. The SMILES string of the molecule is c1ccc(-c2nc(-c3ccccc3)nc(-c3ccc4nc(-c5cccc(-c6cccc7c6sc6c(-c8ccccc8)cccc67)c5)oc4c3)n2)cc1. The van der Waals surface area contributed by atoms with Crippen molar-refractivity contribution in [2.24, 2.45) is 0 Å². The summed E-state index contributed by atoms with van der Waals surface area (Å²) in [7, 11) is 0. The van der Waals surface area contributed by atoms with Gasteiger partial charge in [0.05, 0.1) is 0 Å². The Kier molecular flexibility index (Phi) is 7.25. The molecule has 10 aromatic rings. The summed E-state index contributed by atoms with van der Waals surface area (Å²) >= 11 is 1.85. The molecular weight excluding hydrogens is 657 g/mol. The Hall–Kier alpha value is -6.76. The minimum Gasteiger partial charge on any atom is -0.436 e. The molecule has 0 aliphatic heterocycles. The lowest BCUT2D eigenvalue weighted by Crippen LogP contribution is -2.00. The van der Waals surface area contributed by atoms with Crippen LogP contribution in [0.3, 0.4) is 0 Å². The highest BCUT2D eigenvalue weighted by Crippen LogP contribution is 2.44. The lowest BCUT2D eigenvalue weighted by molar-refractivity contribution is 0.620. The van der Waals surface area contributed by atoms with E-state index in [0.29, 0.717) is 28.9 Å². The van der Waals surface area contributed by atoms with Gasteiger partial charge in [-0.15, -0.1) is 11.3 Å². The van der Waals surface area contributed by atoms with Crippen LogP contribution in [-0.4, -0.2) is 19.9 Å². The van der Waals surface area contributed by atoms with Crippen molar-refractivity contribution >= 4 is 42.6 Å². The minimum absolute atomic E-state index is 0.564. The summed E-state index contributed by atoms with van der Waals surface area (Å²) in [5, 5.41) is 2.54. The molecule has 0 fully saturated rings. The van der Waals surface area contributed by atoms with E-state index in [4.69, 9.17) is 24.4 Å². The molecule has 0 bridgehead atoms. The summed E-state index contributed by atoms with van der Waals surface area (Å²) in [6.45, 7) is 0. The van der Waals surface area contributed by atoms with Gasteiger partial charge in [0.2, 0.25) is 5.89 Å². The van der Waals surface area contributed by atoms with E-state index in [9.17, 15) is 0 Å². The number of fused-ring (bicyclic) bond motifs is 4. The molecule has 7 aromatic carbocycles. The quantitative estimate of drug-likeness (QED) is 0.174. The van der Waals surface area contributed by atoms with Crippen LogP contribution < -0.4 is 0 Å². The van der Waals surface area contributed by atoms with Crippen LogP contribution in [0.4, 0.5) is 0 Å². The largest absolute Gasteiger partial charge is 0.436 e. The molecule has 0 atom stereocenters. The van der Waals surface area contributed by atoms with E-state index < -0.39 is 0 Å². The first-order valence-electron chi connectivity index (χ1n) is 17.1.